The molecule has 0 bridgehead atoms. The van der Waals surface area contributed by atoms with Gasteiger partial charge in [-0.2, -0.15) is 0 Å². The molecule has 6 heteroatoms. The number of nitrogens with zero attached hydrogens (tertiary/aromatic N) is 3. The van der Waals surface area contributed by atoms with Crippen molar-refractivity contribution in [3.8, 4) is 0 Å². The highest BCUT2D eigenvalue weighted by Gasteiger charge is 2.24. The molecule has 2 aromatic carbocycles. The number of carbonyl (C=O) groups is 1. The van der Waals surface area contributed by atoms with Crippen LogP contribution in [-0.2, 0) is 13.1 Å². The van der Waals surface area contributed by atoms with Crippen molar-refractivity contribution in [3.63, 3.8) is 0 Å². The van der Waals surface area contributed by atoms with Crippen LogP contribution in [-0.4, -0.2) is 38.8 Å². The van der Waals surface area contributed by atoms with Gasteiger partial charge in [0.25, 0.3) is 5.91 Å². The van der Waals surface area contributed by atoms with Crippen LogP contribution in [0.3, 0.4) is 0 Å². The zero-order valence-electron chi connectivity index (χ0n) is 18.9. The normalized spacial score (nSPS) is 16.7. The predicted octanol–water partition coefficient (Wildman–Crippen LogP) is 4.58. The molecule has 3 heterocycles. The van der Waals surface area contributed by atoms with E-state index in [1.54, 1.807) is 6.20 Å². The summed E-state index contributed by atoms with van der Waals surface area (Å²) in [4.78, 5) is 27.8. The molecule has 1 aliphatic rings. The molecule has 168 valence electrons. The Morgan fingerprint density at radius 2 is 2.03 bits per heavy atom. The first kappa shape index (κ1) is 21.3. The van der Waals surface area contributed by atoms with Crippen molar-refractivity contribution in [2.75, 3.05) is 13.1 Å². The SMILES string of the molecule is Cc1nc(C2CCCN(Cc3ccc4[nH]ccc4c3)C2)ncc1C(=O)NCc1ccccc1. The van der Waals surface area contributed by atoms with Gasteiger partial charge in [-0.05, 0) is 61.0 Å². The lowest BCUT2D eigenvalue weighted by Gasteiger charge is -2.32. The van der Waals surface area contributed by atoms with Gasteiger partial charge in [-0.15, -0.1) is 0 Å². The fourth-order valence-electron chi connectivity index (χ4n) is 4.65. The number of hydrogen-bond acceptors (Lipinski definition) is 4. The quantitative estimate of drug-likeness (QED) is 0.461. The summed E-state index contributed by atoms with van der Waals surface area (Å²) in [5.74, 6) is 1.00. The van der Waals surface area contributed by atoms with Crippen molar-refractivity contribution >= 4 is 16.8 Å². The Kier molecular flexibility index (Phi) is 6.17. The standard InChI is InChI=1S/C27H29N5O/c1-19-24(27(33)30-15-20-6-3-2-4-7-20)16-29-26(31-19)23-8-5-13-32(18-23)17-21-9-10-25-22(14-21)11-12-28-25/h2-4,6-7,9-12,14,16,23,28H,5,8,13,15,17-18H2,1H3,(H,30,33). The Balaban J connectivity index is 1.23. The number of likely N-dealkylation sites (tertiary alicyclic amines) is 1. The molecule has 2 N–H and O–H groups in total. The van der Waals surface area contributed by atoms with E-state index in [0.717, 1.165) is 49.6 Å². The number of benzene rings is 2. The number of aromatic nitrogens is 3. The number of carbonyl (C=O) groups excluding carboxylic acids is 1. The van der Waals surface area contributed by atoms with Crippen molar-refractivity contribution < 1.29 is 4.79 Å². The molecule has 0 radical (unpaired) electrons. The summed E-state index contributed by atoms with van der Waals surface area (Å²) >= 11 is 0. The van der Waals surface area contributed by atoms with Crippen LogP contribution in [0.2, 0.25) is 0 Å². The molecule has 33 heavy (non-hydrogen) atoms. The summed E-state index contributed by atoms with van der Waals surface area (Å²) in [6.45, 7) is 5.34. The minimum Gasteiger partial charge on any atom is -0.361 e. The van der Waals surface area contributed by atoms with Crippen molar-refractivity contribution in [1.29, 1.82) is 0 Å². The van der Waals surface area contributed by atoms with Crippen LogP contribution in [0, 0.1) is 6.92 Å². The number of nitrogens with one attached hydrogen (secondary N) is 2. The Morgan fingerprint density at radius 1 is 1.15 bits per heavy atom. The van der Waals surface area contributed by atoms with E-state index in [4.69, 9.17) is 4.98 Å². The van der Waals surface area contributed by atoms with Gasteiger partial charge in [0.2, 0.25) is 0 Å². The number of amides is 1. The number of fused-ring (bicyclic) bond motifs is 1. The van der Waals surface area contributed by atoms with Crippen molar-refractivity contribution in [3.05, 3.63) is 95.2 Å². The molecule has 1 saturated heterocycles. The molecule has 2 aromatic heterocycles. The smallest absolute Gasteiger partial charge is 0.254 e. The van der Waals surface area contributed by atoms with Crippen LogP contribution in [0.5, 0.6) is 0 Å². The van der Waals surface area contributed by atoms with Gasteiger partial charge in [0.15, 0.2) is 0 Å². The lowest BCUT2D eigenvalue weighted by Crippen LogP contribution is -2.34. The molecule has 0 saturated carbocycles. The maximum Gasteiger partial charge on any atom is 0.254 e. The molecule has 4 aromatic rings. The van der Waals surface area contributed by atoms with E-state index >= 15 is 0 Å². The molecule has 1 aliphatic heterocycles. The number of piperidine rings is 1. The summed E-state index contributed by atoms with van der Waals surface area (Å²) in [5, 5.41) is 4.22. The zero-order valence-corrected chi connectivity index (χ0v) is 18.9. The van der Waals surface area contributed by atoms with Crippen LogP contribution in [0.4, 0.5) is 0 Å². The molecular weight excluding hydrogens is 410 g/mol. The summed E-state index contributed by atoms with van der Waals surface area (Å²) in [6.07, 6.45) is 5.87. The second kappa shape index (κ2) is 9.55. The second-order valence-corrected chi connectivity index (χ2v) is 8.87. The third-order valence-electron chi connectivity index (χ3n) is 6.43. The molecule has 6 nitrogen and oxygen atoms in total. The average molecular weight is 440 g/mol. The number of aromatic amines is 1. The third-order valence-corrected chi connectivity index (χ3v) is 6.43. The Morgan fingerprint density at radius 3 is 2.88 bits per heavy atom. The lowest BCUT2D eigenvalue weighted by atomic mass is 9.96. The van der Waals surface area contributed by atoms with Gasteiger partial charge in [-0.1, -0.05) is 36.4 Å². The zero-order chi connectivity index (χ0) is 22.6. The van der Waals surface area contributed by atoms with E-state index in [9.17, 15) is 4.79 Å². The van der Waals surface area contributed by atoms with Crippen LogP contribution in [0.15, 0.2) is 67.0 Å². The Bertz CT molecular complexity index is 1250. The summed E-state index contributed by atoms with van der Waals surface area (Å²) in [6, 6.07) is 18.6. The van der Waals surface area contributed by atoms with E-state index in [-0.39, 0.29) is 11.8 Å². The van der Waals surface area contributed by atoms with Gasteiger partial charge >= 0.3 is 0 Å². The summed E-state index contributed by atoms with van der Waals surface area (Å²) < 4.78 is 0. The highest BCUT2D eigenvalue weighted by molar-refractivity contribution is 5.94. The Hall–Kier alpha value is -3.51. The second-order valence-electron chi connectivity index (χ2n) is 8.87. The van der Waals surface area contributed by atoms with Crippen LogP contribution < -0.4 is 5.32 Å². The fourth-order valence-corrected chi connectivity index (χ4v) is 4.65. The highest BCUT2D eigenvalue weighted by Crippen LogP contribution is 2.26. The number of H-pyrrole nitrogens is 1. The number of hydrogen-bond donors (Lipinski definition) is 2. The van der Waals surface area contributed by atoms with Gasteiger partial charge in [0, 0.05) is 43.5 Å². The van der Waals surface area contributed by atoms with Crippen LogP contribution in [0.25, 0.3) is 10.9 Å². The lowest BCUT2D eigenvalue weighted by molar-refractivity contribution is 0.0949. The monoisotopic (exact) mass is 439 g/mol. The largest absolute Gasteiger partial charge is 0.361 e. The van der Waals surface area contributed by atoms with E-state index < -0.39 is 0 Å². The van der Waals surface area contributed by atoms with Gasteiger partial charge in [-0.25, -0.2) is 9.97 Å². The third kappa shape index (κ3) is 4.96. The van der Waals surface area contributed by atoms with Gasteiger partial charge in [0.1, 0.15) is 5.82 Å². The van der Waals surface area contributed by atoms with Crippen LogP contribution >= 0.6 is 0 Å². The first-order valence-corrected chi connectivity index (χ1v) is 11.6. The minimum absolute atomic E-state index is 0.131. The summed E-state index contributed by atoms with van der Waals surface area (Å²) in [7, 11) is 0. The fraction of sp³-hybridized carbons (Fsp3) is 0.296. The van der Waals surface area contributed by atoms with E-state index in [1.165, 1.54) is 16.5 Å². The van der Waals surface area contributed by atoms with Gasteiger partial charge in [0.05, 0.1) is 11.3 Å². The molecule has 0 spiro atoms. The van der Waals surface area contributed by atoms with E-state index in [1.807, 2.05) is 43.5 Å². The van der Waals surface area contributed by atoms with Crippen molar-refractivity contribution in [1.82, 2.24) is 25.2 Å². The molecule has 5 rings (SSSR count). The molecular formula is C27H29N5O. The highest BCUT2D eigenvalue weighted by atomic mass is 16.1. The van der Waals surface area contributed by atoms with Gasteiger partial charge < -0.3 is 10.3 Å². The van der Waals surface area contributed by atoms with Crippen LogP contribution in [0.1, 0.15) is 51.8 Å². The first-order chi connectivity index (χ1) is 16.2. The van der Waals surface area contributed by atoms with Crippen molar-refractivity contribution in [2.24, 2.45) is 0 Å². The molecule has 1 unspecified atom stereocenters. The average Bonchev–Trinajstić information content (AvgIpc) is 3.31. The molecule has 0 aliphatic carbocycles. The van der Waals surface area contributed by atoms with E-state index in [2.05, 4.69) is 44.5 Å². The topological polar surface area (TPSA) is 73.9 Å². The molecule has 1 amide bonds. The molecule has 1 atom stereocenters. The number of aryl methyl sites for hydroxylation is 1. The van der Waals surface area contributed by atoms with Crippen molar-refractivity contribution in [2.45, 2.75) is 38.8 Å². The first-order valence-electron chi connectivity index (χ1n) is 11.6. The maximum atomic E-state index is 12.7. The van der Waals surface area contributed by atoms with E-state index in [0.29, 0.717) is 12.1 Å². The Labute approximate surface area is 194 Å². The molecule has 1 fully saturated rings. The maximum absolute atomic E-state index is 12.7. The summed E-state index contributed by atoms with van der Waals surface area (Å²) in [5.41, 5.74) is 4.85. The number of rotatable bonds is 6. The minimum atomic E-state index is -0.131. The predicted molar refractivity (Wildman–Crippen MR) is 130 cm³/mol. The van der Waals surface area contributed by atoms with Gasteiger partial charge in [-0.3, -0.25) is 9.69 Å².